The van der Waals surface area contributed by atoms with Crippen molar-refractivity contribution in [1.29, 1.82) is 0 Å². The third kappa shape index (κ3) is 4.36. The topological polar surface area (TPSA) is 65.1 Å². The predicted octanol–water partition coefficient (Wildman–Crippen LogP) is 4.01. The summed E-state index contributed by atoms with van der Waals surface area (Å²) in [6.45, 7) is 8.27. The largest absolute Gasteiger partial charge is 0.490 e. The monoisotopic (exact) mass is 397 g/mol. The molecule has 0 saturated heterocycles. The van der Waals surface area contributed by atoms with Crippen molar-refractivity contribution in [2.24, 2.45) is 0 Å². The molecule has 2 aromatic rings. The van der Waals surface area contributed by atoms with Crippen molar-refractivity contribution in [3.63, 3.8) is 0 Å². The summed E-state index contributed by atoms with van der Waals surface area (Å²) in [5, 5.41) is 0. The lowest BCUT2D eigenvalue weighted by molar-refractivity contribution is -0.126. The molecule has 2 aromatic carbocycles. The molecular formula is C23H27NO5. The molecule has 6 nitrogen and oxygen atoms in total. The van der Waals surface area contributed by atoms with E-state index in [9.17, 15) is 9.59 Å². The average molecular weight is 397 g/mol. The van der Waals surface area contributed by atoms with Crippen LogP contribution in [0.4, 0.5) is 5.69 Å². The summed E-state index contributed by atoms with van der Waals surface area (Å²) < 4.78 is 16.6. The van der Waals surface area contributed by atoms with Crippen molar-refractivity contribution in [1.82, 2.24) is 0 Å². The molecule has 0 fully saturated rings. The van der Waals surface area contributed by atoms with Crippen molar-refractivity contribution >= 4 is 17.6 Å². The van der Waals surface area contributed by atoms with Crippen LogP contribution in [0.5, 0.6) is 11.5 Å². The highest BCUT2D eigenvalue weighted by molar-refractivity contribution is 6.01. The lowest BCUT2D eigenvalue weighted by Gasteiger charge is -2.26. The molecule has 0 saturated carbocycles. The van der Waals surface area contributed by atoms with Crippen LogP contribution in [0.15, 0.2) is 42.5 Å². The van der Waals surface area contributed by atoms with E-state index in [2.05, 4.69) is 0 Å². The first-order chi connectivity index (χ1) is 14.0. The lowest BCUT2D eigenvalue weighted by atomic mass is 10.1. The van der Waals surface area contributed by atoms with E-state index in [1.165, 1.54) is 0 Å². The Morgan fingerprint density at radius 3 is 2.48 bits per heavy atom. The molecule has 0 radical (unpaired) electrons. The molecule has 1 aliphatic rings. The van der Waals surface area contributed by atoms with Crippen LogP contribution in [0.25, 0.3) is 0 Å². The van der Waals surface area contributed by atoms with Crippen LogP contribution in [-0.4, -0.2) is 37.2 Å². The van der Waals surface area contributed by atoms with Gasteiger partial charge in [-0.05, 0) is 63.9 Å². The summed E-state index contributed by atoms with van der Waals surface area (Å²) in [6.07, 6.45) is -0.114. The van der Waals surface area contributed by atoms with Crippen molar-refractivity contribution in [3.8, 4) is 11.5 Å². The fraction of sp³-hybridized carbons (Fsp3) is 0.391. The maximum absolute atomic E-state index is 13.0. The maximum Gasteiger partial charge on any atom is 0.339 e. The number of hydrogen-bond acceptors (Lipinski definition) is 5. The standard InChI is InChI=1S/C23H27NO5/c1-5-27-20-12-11-18(14-21(20)28-6-2)23(26)29-16(4)22(25)24-15(3)13-17-9-7-8-10-19(17)24/h7-12,14-16H,5-6,13H2,1-4H3/t15-,16+/m0/s1. The Balaban J connectivity index is 1.73. The van der Waals surface area contributed by atoms with Gasteiger partial charge in [-0.1, -0.05) is 18.2 Å². The minimum absolute atomic E-state index is 0.0242. The number of nitrogens with zero attached hydrogens (tertiary/aromatic N) is 1. The van der Waals surface area contributed by atoms with Gasteiger partial charge in [0, 0.05) is 11.7 Å². The SMILES string of the molecule is CCOc1ccc(C(=O)O[C@H](C)C(=O)N2c3ccccc3C[C@@H]2C)cc1OCC. The van der Waals surface area contributed by atoms with E-state index >= 15 is 0 Å². The molecule has 0 unspecified atom stereocenters. The minimum atomic E-state index is -0.904. The van der Waals surface area contributed by atoms with E-state index in [1.807, 2.05) is 45.0 Å². The second-order valence-corrected chi connectivity index (χ2v) is 6.97. The fourth-order valence-electron chi connectivity index (χ4n) is 3.55. The second kappa shape index (κ2) is 8.99. The zero-order valence-electron chi connectivity index (χ0n) is 17.3. The minimum Gasteiger partial charge on any atom is -0.490 e. The predicted molar refractivity (Wildman–Crippen MR) is 111 cm³/mol. The van der Waals surface area contributed by atoms with Gasteiger partial charge in [-0.3, -0.25) is 4.79 Å². The van der Waals surface area contributed by atoms with Crippen molar-refractivity contribution in [2.45, 2.75) is 46.3 Å². The van der Waals surface area contributed by atoms with Gasteiger partial charge in [0.2, 0.25) is 0 Å². The van der Waals surface area contributed by atoms with Gasteiger partial charge in [0.1, 0.15) is 0 Å². The summed E-state index contributed by atoms with van der Waals surface area (Å²) in [4.78, 5) is 27.4. The Kier molecular flexibility index (Phi) is 6.42. The smallest absolute Gasteiger partial charge is 0.339 e. The Labute approximate surface area is 171 Å². The van der Waals surface area contributed by atoms with Crippen molar-refractivity contribution in [2.75, 3.05) is 18.1 Å². The normalized spacial score (nSPS) is 16.1. The highest BCUT2D eigenvalue weighted by atomic mass is 16.5. The highest BCUT2D eigenvalue weighted by Gasteiger charge is 2.34. The van der Waals surface area contributed by atoms with Gasteiger partial charge in [0.05, 0.1) is 18.8 Å². The summed E-state index contributed by atoms with van der Waals surface area (Å²) >= 11 is 0. The number of carbonyl (C=O) groups is 2. The molecule has 0 aliphatic carbocycles. The second-order valence-electron chi connectivity index (χ2n) is 6.97. The van der Waals surface area contributed by atoms with Gasteiger partial charge < -0.3 is 19.1 Å². The third-order valence-corrected chi connectivity index (χ3v) is 4.86. The van der Waals surface area contributed by atoms with E-state index in [1.54, 1.807) is 30.0 Å². The zero-order valence-corrected chi connectivity index (χ0v) is 17.3. The summed E-state index contributed by atoms with van der Waals surface area (Å²) in [5.74, 6) is 0.240. The third-order valence-electron chi connectivity index (χ3n) is 4.86. The Morgan fingerprint density at radius 2 is 1.76 bits per heavy atom. The van der Waals surface area contributed by atoms with Crippen LogP contribution in [0.2, 0.25) is 0 Å². The van der Waals surface area contributed by atoms with Gasteiger partial charge in [0.25, 0.3) is 5.91 Å². The van der Waals surface area contributed by atoms with Gasteiger partial charge in [-0.2, -0.15) is 0 Å². The van der Waals surface area contributed by atoms with Crippen LogP contribution in [-0.2, 0) is 16.0 Å². The number of para-hydroxylation sites is 1. The van der Waals surface area contributed by atoms with E-state index in [0.717, 1.165) is 17.7 Å². The fourth-order valence-corrected chi connectivity index (χ4v) is 3.55. The number of anilines is 1. The van der Waals surface area contributed by atoms with E-state index in [4.69, 9.17) is 14.2 Å². The molecule has 154 valence electrons. The molecule has 2 atom stereocenters. The first-order valence-corrected chi connectivity index (χ1v) is 9.97. The molecule has 1 amide bonds. The molecule has 3 rings (SSSR count). The molecular weight excluding hydrogens is 370 g/mol. The van der Waals surface area contributed by atoms with Crippen LogP contribution in [0.1, 0.15) is 43.6 Å². The van der Waals surface area contributed by atoms with Crippen LogP contribution in [0.3, 0.4) is 0 Å². The maximum atomic E-state index is 13.0. The highest BCUT2D eigenvalue weighted by Crippen LogP contribution is 2.33. The Bertz CT molecular complexity index is 895. The van der Waals surface area contributed by atoms with E-state index in [-0.39, 0.29) is 11.9 Å². The molecule has 1 aliphatic heterocycles. The zero-order chi connectivity index (χ0) is 21.0. The molecule has 0 N–H and O–H groups in total. The van der Waals surface area contributed by atoms with Crippen LogP contribution in [0, 0.1) is 0 Å². The first-order valence-electron chi connectivity index (χ1n) is 9.97. The number of esters is 1. The molecule has 29 heavy (non-hydrogen) atoms. The summed E-state index contributed by atoms with van der Waals surface area (Å²) in [7, 11) is 0. The van der Waals surface area contributed by atoms with Crippen molar-refractivity contribution < 1.29 is 23.8 Å². The van der Waals surface area contributed by atoms with Gasteiger partial charge in [-0.15, -0.1) is 0 Å². The molecule has 0 spiro atoms. The van der Waals surface area contributed by atoms with Gasteiger partial charge in [-0.25, -0.2) is 4.79 Å². The summed E-state index contributed by atoms with van der Waals surface area (Å²) in [6, 6.07) is 12.7. The Hall–Kier alpha value is -3.02. The van der Waals surface area contributed by atoms with Crippen molar-refractivity contribution in [3.05, 3.63) is 53.6 Å². The quantitative estimate of drug-likeness (QED) is 0.661. The number of hydrogen-bond donors (Lipinski definition) is 0. The first kappa shape index (κ1) is 20.7. The Morgan fingerprint density at radius 1 is 1.07 bits per heavy atom. The number of fused-ring (bicyclic) bond motifs is 1. The van der Waals surface area contributed by atoms with Gasteiger partial charge in [0.15, 0.2) is 17.6 Å². The number of carbonyl (C=O) groups excluding carboxylic acids is 2. The average Bonchev–Trinajstić information content (AvgIpc) is 3.04. The van der Waals surface area contributed by atoms with Crippen LogP contribution < -0.4 is 14.4 Å². The molecule has 1 heterocycles. The molecule has 0 bridgehead atoms. The van der Waals surface area contributed by atoms with Gasteiger partial charge >= 0.3 is 5.97 Å². The number of benzene rings is 2. The summed E-state index contributed by atoms with van der Waals surface area (Å²) in [5.41, 5.74) is 2.32. The lowest BCUT2D eigenvalue weighted by Crippen LogP contribution is -2.43. The van der Waals surface area contributed by atoms with Crippen LogP contribution >= 0.6 is 0 Å². The van der Waals surface area contributed by atoms with E-state index < -0.39 is 12.1 Å². The van der Waals surface area contributed by atoms with E-state index in [0.29, 0.717) is 30.3 Å². The molecule has 0 aromatic heterocycles. The number of amides is 1. The molecule has 6 heteroatoms. The number of ether oxygens (including phenoxy) is 3. The number of rotatable bonds is 7.